The molecule has 1 saturated heterocycles. The maximum Gasteiger partial charge on any atom is 0.242 e. The number of hydrogen-bond acceptors (Lipinski definition) is 4. The zero-order valence-corrected chi connectivity index (χ0v) is 11.8. The summed E-state index contributed by atoms with van der Waals surface area (Å²) in [6.45, 7) is 3.30. The Morgan fingerprint density at radius 1 is 1.42 bits per heavy atom. The number of hydrogen-bond donors (Lipinski definition) is 3. The van der Waals surface area contributed by atoms with Crippen molar-refractivity contribution in [2.75, 3.05) is 19.8 Å². The summed E-state index contributed by atoms with van der Waals surface area (Å²) in [5.41, 5.74) is 4.33. The fraction of sp³-hybridized carbons (Fsp3) is 0.929. The van der Waals surface area contributed by atoms with E-state index in [0.29, 0.717) is 19.6 Å². The Kier molecular flexibility index (Phi) is 4.48. The lowest BCUT2D eigenvalue weighted by molar-refractivity contribution is -0.128. The van der Waals surface area contributed by atoms with E-state index in [9.17, 15) is 9.90 Å². The van der Waals surface area contributed by atoms with Gasteiger partial charge >= 0.3 is 0 Å². The molecule has 2 fully saturated rings. The van der Waals surface area contributed by atoms with Crippen molar-refractivity contribution < 1.29 is 14.6 Å². The highest BCUT2D eigenvalue weighted by Gasteiger charge is 2.40. The van der Waals surface area contributed by atoms with Crippen LogP contribution in [0.4, 0.5) is 0 Å². The zero-order valence-electron chi connectivity index (χ0n) is 11.8. The van der Waals surface area contributed by atoms with Crippen LogP contribution in [0.25, 0.3) is 0 Å². The van der Waals surface area contributed by atoms with Crippen LogP contribution in [0.3, 0.4) is 0 Å². The topological polar surface area (TPSA) is 84.6 Å². The smallest absolute Gasteiger partial charge is 0.242 e. The van der Waals surface area contributed by atoms with Gasteiger partial charge < -0.3 is 20.9 Å². The molecule has 0 aromatic carbocycles. The van der Waals surface area contributed by atoms with E-state index in [4.69, 9.17) is 10.5 Å². The number of aliphatic hydroxyl groups is 1. The van der Waals surface area contributed by atoms with Crippen LogP contribution in [0.5, 0.6) is 0 Å². The summed E-state index contributed by atoms with van der Waals surface area (Å²) < 4.78 is 5.18. The van der Waals surface area contributed by atoms with Gasteiger partial charge in [-0.2, -0.15) is 0 Å². The predicted octanol–water partition coefficient (Wildman–Crippen LogP) is 0.552. The molecule has 5 nitrogen and oxygen atoms in total. The second-order valence-corrected chi connectivity index (χ2v) is 6.22. The largest absolute Gasteiger partial charge is 0.388 e. The summed E-state index contributed by atoms with van der Waals surface area (Å²) in [6, 6.07) is 0. The van der Waals surface area contributed by atoms with Crippen molar-refractivity contribution in [2.24, 2.45) is 11.7 Å². The molecule has 0 radical (unpaired) electrons. The van der Waals surface area contributed by atoms with Crippen LogP contribution < -0.4 is 11.1 Å². The Labute approximate surface area is 114 Å². The van der Waals surface area contributed by atoms with Gasteiger partial charge in [-0.15, -0.1) is 0 Å². The third-order valence-corrected chi connectivity index (χ3v) is 4.70. The number of nitrogens with two attached hydrogens (primary N) is 1. The molecule has 0 aromatic rings. The van der Waals surface area contributed by atoms with Gasteiger partial charge in [0.05, 0.1) is 12.2 Å². The molecular formula is C14H26N2O3. The molecule has 1 amide bonds. The Morgan fingerprint density at radius 3 is 2.63 bits per heavy atom. The van der Waals surface area contributed by atoms with Crippen molar-refractivity contribution in [2.45, 2.75) is 56.6 Å². The minimum Gasteiger partial charge on any atom is -0.388 e. The molecule has 0 aromatic heterocycles. The molecule has 1 aliphatic carbocycles. The first-order valence-corrected chi connectivity index (χ1v) is 7.35. The van der Waals surface area contributed by atoms with Crippen LogP contribution in [-0.2, 0) is 9.53 Å². The maximum absolute atomic E-state index is 12.0. The first kappa shape index (κ1) is 14.8. The van der Waals surface area contributed by atoms with Gasteiger partial charge in [-0.3, -0.25) is 4.79 Å². The summed E-state index contributed by atoms with van der Waals surface area (Å²) in [6.07, 6.45) is 5.33. The van der Waals surface area contributed by atoms with Crippen molar-refractivity contribution >= 4 is 5.91 Å². The average Bonchev–Trinajstić information content (AvgIpc) is 2.85. The minimum absolute atomic E-state index is 0.198. The van der Waals surface area contributed by atoms with Crippen LogP contribution >= 0.6 is 0 Å². The van der Waals surface area contributed by atoms with Gasteiger partial charge in [0.1, 0.15) is 5.54 Å². The number of nitrogens with one attached hydrogen (secondary N) is 1. The highest BCUT2D eigenvalue weighted by Crippen LogP contribution is 2.33. The standard InChI is InChI=1S/C14H26N2O3/c1-2-11-3-5-13(18,6-4-11)9-16-12(17)14(15)7-8-19-10-14/h11,18H,2-10,15H2,1H3,(H,16,17). The van der Waals surface area contributed by atoms with Crippen LogP contribution in [0.15, 0.2) is 0 Å². The first-order valence-electron chi connectivity index (χ1n) is 7.35. The van der Waals surface area contributed by atoms with Gasteiger partial charge in [-0.25, -0.2) is 0 Å². The summed E-state index contributed by atoms with van der Waals surface area (Å²) in [4.78, 5) is 12.0. The second kappa shape index (κ2) is 5.77. The SMILES string of the molecule is CCC1CCC(O)(CNC(=O)C2(N)CCOC2)CC1. The quantitative estimate of drug-likeness (QED) is 0.696. The van der Waals surface area contributed by atoms with E-state index in [2.05, 4.69) is 12.2 Å². The Hall–Kier alpha value is -0.650. The Balaban J connectivity index is 1.80. The second-order valence-electron chi connectivity index (χ2n) is 6.22. The van der Waals surface area contributed by atoms with Crippen LogP contribution in [0, 0.1) is 5.92 Å². The normalized spacial score (nSPS) is 39.2. The summed E-state index contributed by atoms with van der Waals surface area (Å²) in [5, 5.41) is 13.3. The molecule has 1 saturated carbocycles. The van der Waals surface area contributed by atoms with E-state index in [0.717, 1.165) is 31.6 Å². The van der Waals surface area contributed by atoms with Crippen molar-refractivity contribution in [3.63, 3.8) is 0 Å². The van der Waals surface area contributed by atoms with E-state index in [-0.39, 0.29) is 12.5 Å². The summed E-state index contributed by atoms with van der Waals surface area (Å²) in [5.74, 6) is 0.524. The fourth-order valence-electron chi connectivity index (χ4n) is 2.98. The highest BCUT2D eigenvalue weighted by molar-refractivity contribution is 5.86. The molecule has 2 rings (SSSR count). The summed E-state index contributed by atoms with van der Waals surface area (Å²) >= 11 is 0. The van der Waals surface area contributed by atoms with Gasteiger partial charge in [0.15, 0.2) is 0 Å². The lowest BCUT2D eigenvalue weighted by Crippen LogP contribution is -2.57. The van der Waals surface area contributed by atoms with Gasteiger partial charge in [0.25, 0.3) is 0 Å². The highest BCUT2D eigenvalue weighted by atomic mass is 16.5. The van der Waals surface area contributed by atoms with E-state index in [1.165, 1.54) is 6.42 Å². The van der Waals surface area contributed by atoms with Crippen molar-refractivity contribution in [1.29, 1.82) is 0 Å². The van der Waals surface area contributed by atoms with Crippen molar-refractivity contribution in [3.05, 3.63) is 0 Å². The molecule has 110 valence electrons. The molecule has 0 spiro atoms. The van der Waals surface area contributed by atoms with Crippen LogP contribution in [-0.4, -0.2) is 41.9 Å². The molecule has 19 heavy (non-hydrogen) atoms. The van der Waals surface area contributed by atoms with E-state index in [1.807, 2.05) is 0 Å². The predicted molar refractivity (Wildman–Crippen MR) is 72.6 cm³/mol. The number of ether oxygens (including phenoxy) is 1. The maximum atomic E-state index is 12.0. The zero-order chi connectivity index (χ0) is 13.9. The summed E-state index contributed by atoms with van der Waals surface area (Å²) in [7, 11) is 0. The van der Waals surface area contributed by atoms with Crippen LogP contribution in [0.2, 0.25) is 0 Å². The third-order valence-electron chi connectivity index (χ3n) is 4.70. The minimum atomic E-state index is -0.906. The first-order chi connectivity index (χ1) is 8.97. The van der Waals surface area contributed by atoms with E-state index < -0.39 is 11.1 Å². The molecule has 1 aliphatic heterocycles. The third kappa shape index (κ3) is 3.46. The molecule has 5 heteroatoms. The fourth-order valence-corrected chi connectivity index (χ4v) is 2.98. The van der Waals surface area contributed by atoms with Gasteiger partial charge in [0.2, 0.25) is 5.91 Å². The molecular weight excluding hydrogens is 244 g/mol. The average molecular weight is 270 g/mol. The molecule has 2 aliphatic rings. The van der Waals surface area contributed by atoms with E-state index in [1.54, 1.807) is 0 Å². The van der Waals surface area contributed by atoms with Gasteiger partial charge in [0, 0.05) is 13.2 Å². The molecule has 1 unspecified atom stereocenters. The lowest BCUT2D eigenvalue weighted by atomic mass is 9.78. The number of rotatable bonds is 4. The molecule has 0 bridgehead atoms. The lowest BCUT2D eigenvalue weighted by Gasteiger charge is -2.36. The monoisotopic (exact) mass is 270 g/mol. The Morgan fingerprint density at radius 2 is 2.11 bits per heavy atom. The molecule has 1 atom stereocenters. The molecule has 4 N–H and O–H groups in total. The van der Waals surface area contributed by atoms with Crippen molar-refractivity contribution in [3.8, 4) is 0 Å². The van der Waals surface area contributed by atoms with E-state index >= 15 is 0 Å². The van der Waals surface area contributed by atoms with Crippen LogP contribution in [0.1, 0.15) is 45.4 Å². The molecule has 1 heterocycles. The van der Waals surface area contributed by atoms with Gasteiger partial charge in [-0.1, -0.05) is 13.3 Å². The number of carbonyl (C=O) groups excluding carboxylic acids is 1. The number of carbonyl (C=O) groups is 1. The van der Waals surface area contributed by atoms with Crippen molar-refractivity contribution in [1.82, 2.24) is 5.32 Å². The Bertz CT molecular complexity index is 319. The van der Waals surface area contributed by atoms with Gasteiger partial charge in [-0.05, 0) is 38.0 Å². The number of amides is 1.